The summed E-state index contributed by atoms with van der Waals surface area (Å²) in [7, 11) is 1.60. The number of thiocarbonyl (C=S) groups is 1. The van der Waals surface area contributed by atoms with Crippen molar-refractivity contribution in [3.8, 4) is 17.2 Å². The molecule has 0 radical (unpaired) electrons. The molecule has 0 saturated carbocycles. The van der Waals surface area contributed by atoms with Gasteiger partial charge in [-0.1, -0.05) is 23.2 Å². The Hall–Kier alpha value is -3.33. The maximum atomic E-state index is 12.6. The molecule has 0 aromatic heterocycles. The van der Waals surface area contributed by atoms with Gasteiger partial charge in [0.15, 0.2) is 16.6 Å². The Balaban J connectivity index is 1.65. The largest absolute Gasteiger partial charge is 0.497 e. The molecule has 176 valence electrons. The van der Waals surface area contributed by atoms with E-state index in [9.17, 15) is 4.79 Å². The summed E-state index contributed by atoms with van der Waals surface area (Å²) in [5.74, 6) is 0.752. The molecule has 3 aromatic carbocycles. The second-order valence-corrected chi connectivity index (χ2v) is 7.96. The zero-order valence-electron chi connectivity index (χ0n) is 18.3. The van der Waals surface area contributed by atoms with Crippen molar-refractivity contribution in [1.29, 1.82) is 0 Å². The average Bonchev–Trinajstić information content (AvgIpc) is 2.81. The molecule has 0 unspecified atom stereocenters. The van der Waals surface area contributed by atoms with Crippen LogP contribution < -0.4 is 25.0 Å². The predicted octanol–water partition coefficient (Wildman–Crippen LogP) is 5.94. The first-order valence-electron chi connectivity index (χ1n) is 10.1. The lowest BCUT2D eigenvalue weighted by molar-refractivity contribution is 0.0728. The Kier molecular flexibility index (Phi) is 9.09. The van der Waals surface area contributed by atoms with Crippen molar-refractivity contribution in [3.05, 3.63) is 81.8 Å². The molecular formula is C24H21Cl2N3O4S. The number of anilines is 1. The van der Waals surface area contributed by atoms with Gasteiger partial charge in [-0.15, -0.1) is 0 Å². The van der Waals surface area contributed by atoms with E-state index in [1.54, 1.807) is 37.6 Å². The highest BCUT2D eigenvalue weighted by Crippen LogP contribution is 2.30. The normalized spacial score (nSPS) is 10.6. The first-order valence-corrected chi connectivity index (χ1v) is 11.2. The van der Waals surface area contributed by atoms with Gasteiger partial charge in [-0.3, -0.25) is 5.43 Å². The van der Waals surface area contributed by atoms with Gasteiger partial charge in [0.05, 0.1) is 30.5 Å². The van der Waals surface area contributed by atoms with Gasteiger partial charge in [-0.05, 0) is 85.4 Å². The smallest absolute Gasteiger partial charge is 0.345 e. The first kappa shape index (κ1) is 25.3. The highest BCUT2D eigenvalue weighted by atomic mass is 35.5. The third-order valence-corrected chi connectivity index (χ3v) is 5.09. The number of methoxy groups -OCH3 is 1. The molecule has 0 heterocycles. The number of carbonyl (C=O) groups excluding carboxylic acids is 1. The quantitative estimate of drug-likeness (QED) is 0.126. The fourth-order valence-corrected chi connectivity index (χ4v) is 3.42. The topological polar surface area (TPSA) is 81.2 Å². The van der Waals surface area contributed by atoms with Crippen LogP contribution in [0.15, 0.2) is 65.8 Å². The second-order valence-electron chi connectivity index (χ2n) is 6.71. The number of nitrogens with one attached hydrogen (secondary N) is 2. The summed E-state index contributed by atoms with van der Waals surface area (Å²) in [6.07, 6.45) is 1.56. The number of halogens is 2. The number of hydrazone groups is 1. The number of nitrogens with zero attached hydrogens (tertiary/aromatic N) is 1. The van der Waals surface area contributed by atoms with E-state index in [-0.39, 0.29) is 16.3 Å². The van der Waals surface area contributed by atoms with Gasteiger partial charge in [0.1, 0.15) is 5.75 Å². The number of esters is 1. The van der Waals surface area contributed by atoms with Gasteiger partial charge in [-0.25, -0.2) is 4.79 Å². The molecule has 0 bridgehead atoms. The Morgan fingerprint density at radius 2 is 1.82 bits per heavy atom. The molecular weight excluding hydrogens is 497 g/mol. The predicted molar refractivity (Wildman–Crippen MR) is 139 cm³/mol. The molecule has 0 aliphatic rings. The minimum atomic E-state index is -0.624. The lowest BCUT2D eigenvalue weighted by Gasteiger charge is -2.12. The Morgan fingerprint density at radius 1 is 1.06 bits per heavy atom. The van der Waals surface area contributed by atoms with E-state index in [0.717, 1.165) is 11.4 Å². The van der Waals surface area contributed by atoms with E-state index in [0.29, 0.717) is 28.1 Å². The Bertz CT molecular complexity index is 1200. The summed E-state index contributed by atoms with van der Waals surface area (Å²) in [5, 5.41) is 8.09. The van der Waals surface area contributed by atoms with Crippen LogP contribution in [0.5, 0.6) is 17.2 Å². The Morgan fingerprint density at radius 3 is 2.50 bits per heavy atom. The summed E-state index contributed by atoms with van der Waals surface area (Å²) in [5.41, 5.74) is 4.43. The lowest BCUT2D eigenvalue weighted by atomic mass is 10.2. The third kappa shape index (κ3) is 7.08. The van der Waals surface area contributed by atoms with E-state index < -0.39 is 5.97 Å². The van der Waals surface area contributed by atoms with E-state index in [2.05, 4.69) is 15.8 Å². The van der Waals surface area contributed by atoms with Crippen LogP contribution in [-0.4, -0.2) is 31.0 Å². The monoisotopic (exact) mass is 517 g/mol. The molecule has 34 heavy (non-hydrogen) atoms. The minimum Gasteiger partial charge on any atom is -0.497 e. The first-order chi connectivity index (χ1) is 16.4. The molecule has 0 fully saturated rings. The minimum absolute atomic E-state index is 0.196. The number of benzene rings is 3. The number of hydrogen-bond donors (Lipinski definition) is 2. The van der Waals surface area contributed by atoms with E-state index in [1.807, 2.05) is 31.2 Å². The molecule has 0 aliphatic carbocycles. The van der Waals surface area contributed by atoms with E-state index in [1.165, 1.54) is 12.1 Å². The number of carbonyl (C=O) groups is 1. The second kappa shape index (κ2) is 12.2. The van der Waals surface area contributed by atoms with Crippen molar-refractivity contribution in [3.63, 3.8) is 0 Å². The zero-order chi connectivity index (χ0) is 24.5. The molecule has 0 saturated heterocycles. The van der Waals surface area contributed by atoms with Crippen LogP contribution >= 0.6 is 35.4 Å². The standard InChI is InChI=1S/C24H21Cl2N3O4S/c1-3-32-22-12-15(14-27-29-24(34)28-17-6-8-18(31-2)9-7-17)4-11-21(22)33-23(30)19-10-5-16(25)13-20(19)26/h4-14H,3H2,1-2H3,(H2,28,29,34). The fourth-order valence-electron chi connectivity index (χ4n) is 2.77. The number of ether oxygens (including phenoxy) is 3. The Labute approximate surface area is 212 Å². The van der Waals surface area contributed by atoms with Crippen LogP contribution in [0.3, 0.4) is 0 Å². The maximum Gasteiger partial charge on any atom is 0.345 e. The van der Waals surface area contributed by atoms with Crippen molar-refractivity contribution >= 4 is 58.4 Å². The van der Waals surface area contributed by atoms with Gasteiger partial charge >= 0.3 is 5.97 Å². The van der Waals surface area contributed by atoms with Crippen LogP contribution in [-0.2, 0) is 0 Å². The highest BCUT2D eigenvalue weighted by Gasteiger charge is 2.16. The van der Waals surface area contributed by atoms with Crippen LogP contribution in [0.25, 0.3) is 0 Å². The molecule has 0 spiro atoms. The van der Waals surface area contributed by atoms with Crippen LogP contribution in [0.4, 0.5) is 5.69 Å². The molecule has 0 atom stereocenters. The maximum absolute atomic E-state index is 12.6. The lowest BCUT2D eigenvalue weighted by Crippen LogP contribution is -2.23. The molecule has 2 N–H and O–H groups in total. The molecule has 0 amide bonds. The molecule has 0 aliphatic heterocycles. The van der Waals surface area contributed by atoms with Crippen molar-refractivity contribution in [2.24, 2.45) is 5.10 Å². The SMILES string of the molecule is CCOc1cc(C=NNC(=S)Nc2ccc(OC)cc2)ccc1OC(=O)c1ccc(Cl)cc1Cl. The summed E-state index contributed by atoms with van der Waals surface area (Å²) in [6.45, 7) is 2.20. The fraction of sp³-hybridized carbons (Fsp3) is 0.125. The summed E-state index contributed by atoms with van der Waals surface area (Å²) < 4.78 is 16.2. The molecule has 3 aromatic rings. The average molecular weight is 518 g/mol. The van der Waals surface area contributed by atoms with Crippen LogP contribution in [0, 0.1) is 0 Å². The van der Waals surface area contributed by atoms with Crippen molar-refractivity contribution in [2.75, 3.05) is 19.0 Å². The summed E-state index contributed by atoms with van der Waals surface area (Å²) in [6, 6.07) is 16.9. The van der Waals surface area contributed by atoms with Crippen molar-refractivity contribution < 1.29 is 19.0 Å². The zero-order valence-corrected chi connectivity index (χ0v) is 20.6. The summed E-state index contributed by atoms with van der Waals surface area (Å²) in [4.78, 5) is 12.6. The van der Waals surface area contributed by atoms with Gasteiger partial charge in [0.25, 0.3) is 0 Å². The van der Waals surface area contributed by atoms with Gasteiger partial charge < -0.3 is 19.5 Å². The van der Waals surface area contributed by atoms with E-state index >= 15 is 0 Å². The van der Waals surface area contributed by atoms with E-state index in [4.69, 9.17) is 49.6 Å². The number of hydrogen-bond acceptors (Lipinski definition) is 6. The molecule has 7 nitrogen and oxygen atoms in total. The van der Waals surface area contributed by atoms with Crippen molar-refractivity contribution in [1.82, 2.24) is 5.43 Å². The van der Waals surface area contributed by atoms with Crippen LogP contribution in [0.1, 0.15) is 22.8 Å². The third-order valence-electron chi connectivity index (χ3n) is 4.35. The highest BCUT2D eigenvalue weighted by molar-refractivity contribution is 7.80. The molecule has 10 heteroatoms. The number of rotatable bonds is 8. The van der Waals surface area contributed by atoms with Gasteiger partial charge in [0.2, 0.25) is 0 Å². The van der Waals surface area contributed by atoms with Gasteiger partial charge in [0, 0.05) is 10.7 Å². The van der Waals surface area contributed by atoms with Crippen molar-refractivity contribution in [2.45, 2.75) is 6.92 Å². The summed E-state index contributed by atoms with van der Waals surface area (Å²) >= 11 is 17.2. The van der Waals surface area contributed by atoms with Crippen LogP contribution in [0.2, 0.25) is 10.0 Å². The molecule has 3 rings (SSSR count). The van der Waals surface area contributed by atoms with Gasteiger partial charge in [-0.2, -0.15) is 5.10 Å².